The third-order valence-electron chi connectivity index (χ3n) is 1.23. The van der Waals surface area contributed by atoms with Crippen molar-refractivity contribution in [3.05, 3.63) is 41.3 Å². The van der Waals surface area contributed by atoms with E-state index >= 15 is 0 Å². The summed E-state index contributed by atoms with van der Waals surface area (Å²) in [7, 11) is -4.00. The summed E-state index contributed by atoms with van der Waals surface area (Å²) >= 11 is 0. The summed E-state index contributed by atoms with van der Waals surface area (Å²) in [4.78, 5) is 0. The van der Waals surface area contributed by atoms with Crippen molar-refractivity contribution in [3.63, 3.8) is 0 Å². The van der Waals surface area contributed by atoms with Crippen LogP contribution in [0.3, 0.4) is 0 Å². The van der Waals surface area contributed by atoms with Crippen LogP contribution < -0.4 is 0 Å². The average molecular weight is 243 g/mol. The molecular formula is C8H8CoO3S. The van der Waals surface area contributed by atoms with Gasteiger partial charge in [0.25, 0.3) is 10.1 Å². The van der Waals surface area contributed by atoms with Crippen molar-refractivity contribution in [2.24, 2.45) is 0 Å². The van der Waals surface area contributed by atoms with Crippen molar-refractivity contribution >= 4 is 16.2 Å². The zero-order chi connectivity index (χ0) is 9.03. The van der Waals surface area contributed by atoms with Crippen molar-refractivity contribution in [3.8, 4) is 0 Å². The van der Waals surface area contributed by atoms with E-state index < -0.39 is 10.1 Å². The van der Waals surface area contributed by atoms with Gasteiger partial charge in [-0.1, -0.05) is 30.3 Å². The molecule has 5 heteroatoms. The molecule has 1 aromatic rings. The minimum Gasteiger partial charge on any atom is -0.282 e. The van der Waals surface area contributed by atoms with Crippen LogP contribution in [0.5, 0.6) is 0 Å². The largest absolute Gasteiger partial charge is 0.287 e. The zero-order valence-corrected chi connectivity index (χ0v) is 8.40. The molecule has 73 valence electrons. The molecule has 1 radical (unpaired) electrons. The Bertz CT molecular complexity index is 370. The zero-order valence-electron chi connectivity index (χ0n) is 6.55. The fraction of sp³-hybridized carbons (Fsp3) is 0. The van der Waals surface area contributed by atoms with Crippen molar-refractivity contribution in [1.82, 2.24) is 0 Å². The van der Waals surface area contributed by atoms with E-state index in [4.69, 9.17) is 4.55 Å². The van der Waals surface area contributed by atoms with Gasteiger partial charge in [-0.25, -0.2) is 0 Å². The summed E-state index contributed by atoms with van der Waals surface area (Å²) in [6, 6.07) is 8.86. The van der Waals surface area contributed by atoms with Crippen LogP contribution in [0.2, 0.25) is 0 Å². The van der Waals surface area contributed by atoms with E-state index in [1.165, 1.54) is 6.08 Å². The van der Waals surface area contributed by atoms with Crippen LogP contribution in [0.15, 0.2) is 35.7 Å². The fourth-order valence-corrected chi connectivity index (χ4v) is 1.06. The van der Waals surface area contributed by atoms with Crippen LogP contribution in [-0.2, 0) is 26.9 Å². The van der Waals surface area contributed by atoms with Crippen LogP contribution in [0, 0.1) is 0 Å². The quantitative estimate of drug-likeness (QED) is 0.801. The van der Waals surface area contributed by atoms with E-state index in [-0.39, 0.29) is 16.8 Å². The summed E-state index contributed by atoms with van der Waals surface area (Å²) in [6.07, 6.45) is 1.33. The second-order valence-corrected chi connectivity index (χ2v) is 3.53. The molecule has 0 saturated carbocycles. The summed E-state index contributed by atoms with van der Waals surface area (Å²) in [5, 5.41) is 0.752. The predicted octanol–water partition coefficient (Wildman–Crippen LogP) is 1.54. The Morgan fingerprint density at radius 2 is 1.69 bits per heavy atom. The van der Waals surface area contributed by atoms with E-state index in [0.717, 1.165) is 11.0 Å². The Morgan fingerprint density at radius 1 is 1.15 bits per heavy atom. The minimum absolute atomic E-state index is 0. The first-order valence-corrected chi connectivity index (χ1v) is 4.79. The second-order valence-electron chi connectivity index (χ2n) is 2.23. The molecule has 0 fully saturated rings. The topological polar surface area (TPSA) is 54.4 Å². The monoisotopic (exact) mass is 243 g/mol. The molecule has 0 aliphatic heterocycles. The number of hydrogen-bond acceptors (Lipinski definition) is 2. The van der Waals surface area contributed by atoms with Crippen LogP contribution in [0.4, 0.5) is 0 Å². The first kappa shape index (κ1) is 12.4. The van der Waals surface area contributed by atoms with Gasteiger partial charge in [0.15, 0.2) is 0 Å². The smallest absolute Gasteiger partial charge is 0.282 e. The van der Waals surface area contributed by atoms with Crippen molar-refractivity contribution in [1.29, 1.82) is 0 Å². The Morgan fingerprint density at radius 3 is 2.15 bits per heavy atom. The van der Waals surface area contributed by atoms with Gasteiger partial charge in [0.2, 0.25) is 0 Å². The van der Waals surface area contributed by atoms with Crippen molar-refractivity contribution in [2.45, 2.75) is 0 Å². The van der Waals surface area contributed by atoms with E-state index in [9.17, 15) is 8.42 Å². The third-order valence-corrected chi connectivity index (χ3v) is 1.71. The normalized spacial score (nSPS) is 11.2. The van der Waals surface area contributed by atoms with Gasteiger partial charge in [0, 0.05) is 16.8 Å². The number of rotatable bonds is 2. The first-order chi connectivity index (χ1) is 5.58. The Balaban J connectivity index is 0.00000144. The molecule has 13 heavy (non-hydrogen) atoms. The van der Waals surface area contributed by atoms with Crippen LogP contribution in [0.25, 0.3) is 6.08 Å². The van der Waals surface area contributed by atoms with Gasteiger partial charge >= 0.3 is 0 Å². The molecule has 0 aliphatic rings. The van der Waals surface area contributed by atoms with Crippen LogP contribution in [0.1, 0.15) is 5.56 Å². The van der Waals surface area contributed by atoms with Crippen LogP contribution in [-0.4, -0.2) is 13.0 Å². The molecule has 0 spiro atoms. The molecule has 0 aliphatic carbocycles. The molecule has 3 nitrogen and oxygen atoms in total. The molecule has 0 unspecified atom stereocenters. The van der Waals surface area contributed by atoms with Crippen LogP contribution >= 0.6 is 0 Å². The molecule has 0 atom stereocenters. The number of hydrogen-bond donors (Lipinski definition) is 1. The SMILES string of the molecule is O=S(=O)(O)C=Cc1ccccc1.[Co]. The van der Waals surface area contributed by atoms with Gasteiger partial charge in [-0.05, 0) is 11.6 Å². The van der Waals surface area contributed by atoms with Gasteiger partial charge < -0.3 is 0 Å². The van der Waals surface area contributed by atoms with E-state index in [1.54, 1.807) is 24.3 Å². The molecule has 0 amide bonds. The van der Waals surface area contributed by atoms with Gasteiger partial charge in [-0.3, -0.25) is 4.55 Å². The molecular weight excluding hydrogens is 235 g/mol. The molecule has 1 rings (SSSR count). The van der Waals surface area contributed by atoms with Gasteiger partial charge in [0.05, 0.1) is 5.41 Å². The molecule has 0 bridgehead atoms. The van der Waals surface area contributed by atoms with Gasteiger partial charge in [-0.2, -0.15) is 8.42 Å². The summed E-state index contributed by atoms with van der Waals surface area (Å²) < 4.78 is 28.9. The van der Waals surface area contributed by atoms with E-state index in [1.807, 2.05) is 6.07 Å². The first-order valence-electron chi connectivity index (χ1n) is 3.28. The fourth-order valence-electron chi connectivity index (χ4n) is 0.729. The Labute approximate surface area is 87.4 Å². The van der Waals surface area contributed by atoms with Gasteiger partial charge in [0.1, 0.15) is 0 Å². The maximum absolute atomic E-state index is 10.3. The molecule has 0 heterocycles. The Kier molecular flexibility index (Phi) is 4.93. The van der Waals surface area contributed by atoms with E-state index in [2.05, 4.69) is 0 Å². The average Bonchev–Trinajstić information content (AvgIpc) is 2.02. The summed E-state index contributed by atoms with van der Waals surface area (Å²) in [5.41, 5.74) is 0.732. The summed E-state index contributed by atoms with van der Waals surface area (Å²) in [6.45, 7) is 0. The second kappa shape index (κ2) is 5.18. The molecule has 1 aromatic carbocycles. The summed E-state index contributed by atoms with van der Waals surface area (Å²) in [5.74, 6) is 0. The van der Waals surface area contributed by atoms with Gasteiger partial charge in [-0.15, -0.1) is 0 Å². The number of benzene rings is 1. The third kappa shape index (κ3) is 5.59. The Hall–Kier alpha value is -0.624. The van der Waals surface area contributed by atoms with Crippen molar-refractivity contribution < 1.29 is 29.7 Å². The maximum atomic E-state index is 10.3. The van der Waals surface area contributed by atoms with Crippen molar-refractivity contribution in [2.75, 3.05) is 0 Å². The van der Waals surface area contributed by atoms with E-state index in [0.29, 0.717) is 0 Å². The maximum Gasteiger partial charge on any atom is 0.287 e. The molecule has 0 aromatic heterocycles. The minimum atomic E-state index is -4.00. The molecule has 0 saturated heterocycles. The standard InChI is InChI=1S/C8H8O3S.Co/c9-12(10,11)7-6-8-4-2-1-3-5-8;/h1-7H,(H,9,10,11);. The predicted molar refractivity (Wildman–Crippen MR) is 47.0 cm³/mol. The molecule has 1 N–H and O–H groups in total.